The zero-order valence-corrected chi connectivity index (χ0v) is 20.9. The van der Waals surface area contributed by atoms with Crippen LogP contribution in [0.3, 0.4) is 0 Å². The van der Waals surface area contributed by atoms with E-state index in [1.807, 2.05) is 11.0 Å². The van der Waals surface area contributed by atoms with Crippen LogP contribution in [0, 0.1) is 11.3 Å². The largest absolute Gasteiger partial charge is 0.467 e. The summed E-state index contributed by atoms with van der Waals surface area (Å²) in [6, 6.07) is 5.71. The number of thiazole rings is 1. The summed E-state index contributed by atoms with van der Waals surface area (Å²) >= 11 is 1.50. The fraction of sp³-hybridized carbons (Fsp3) is 0.538. The number of allylic oxidation sites excluding steroid dienone is 1. The van der Waals surface area contributed by atoms with E-state index in [1.165, 1.54) is 42.6 Å². The molecule has 1 N–H and O–H groups in total. The first kappa shape index (κ1) is 25.0. The van der Waals surface area contributed by atoms with Crippen molar-refractivity contribution in [3.63, 3.8) is 0 Å². The molecule has 186 valence electrons. The van der Waals surface area contributed by atoms with E-state index in [1.54, 1.807) is 22.6 Å². The molecule has 35 heavy (non-hydrogen) atoms. The topological polar surface area (TPSA) is 102 Å². The van der Waals surface area contributed by atoms with Gasteiger partial charge in [0, 0.05) is 37.5 Å². The molecule has 0 bridgehead atoms. The van der Waals surface area contributed by atoms with Crippen LogP contribution in [-0.4, -0.2) is 52.9 Å². The minimum Gasteiger partial charge on any atom is -0.467 e. The number of nitrogens with zero attached hydrogens (tertiary/aromatic N) is 4. The molecule has 0 aromatic carbocycles. The van der Waals surface area contributed by atoms with Crippen LogP contribution in [0.15, 0.2) is 39.8 Å². The highest BCUT2D eigenvalue weighted by Gasteiger charge is 2.27. The molecule has 8 nitrogen and oxygen atoms in total. The van der Waals surface area contributed by atoms with Crippen LogP contribution in [0.1, 0.15) is 78.5 Å². The Kier molecular flexibility index (Phi) is 8.96. The Morgan fingerprint density at radius 2 is 2.17 bits per heavy atom. The van der Waals surface area contributed by atoms with E-state index in [2.05, 4.69) is 22.4 Å². The summed E-state index contributed by atoms with van der Waals surface area (Å²) in [6.07, 6.45) is 11.7. The van der Waals surface area contributed by atoms with Gasteiger partial charge in [0.1, 0.15) is 11.5 Å². The molecule has 2 aromatic rings. The Hall–Kier alpha value is -3.12. The van der Waals surface area contributed by atoms with Crippen LogP contribution in [0.4, 0.5) is 4.79 Å². The van der Waals surface area contributed by atoms with Gasteiger partial charge in [-0.1, -0.05) is 11.6 Å². The molecule has 0 saturated carbocycles. The van der Waals surface area contributed by atoms with Gasteiger partial charge in [-0.05, 0) is 57.1 Å². The Morgan fingerprint density at radius 1 is 1.31 bits per heavy atom. The molecule has 4 rings (SSSR count). The number of amides is 3. The van der Waals surface area contributed by atoms with Crippen LogP contribution in [-0.2, 0) is 6.54 Å². The maximum atomic E-state index is 13.1. The Balaban J connectivity index is 1.26. The van der Waals surface area contributed by atoms with E-state index >= 15 is 0 Å². The van der Waals surface area contributed by atoms with E-state index in [4.69, 9.17) is 9.68 Å². The van der Waals surface area contributed by atoms with Crippen LogP contribution >= 0.6 is 11.3 Å². The first-order valence-corrected chi connectivity index (χ1v) is 13.4. The van der Waals surface area contributed by atoms with E-state index in [9.17, 15) is 9.59 Å². The number of rotatable bonds is 9. The molecule has 0 spiro atoms. The highest BCUT2D eigenvalue weighted by atomic mass is 32.1. The summed E-state index contributed by atoms with van der Waals surface area (Å²) in [5.41, 5.74) is 1.88. The van der Waals surface area contributed by atoms with E-state index in [0.717, 1.165) is 24.3 Å². The van der Waals surface area contributed by atoms with Gasteiger partial charge in [0.25, 0.3) is 5.91 Å². The van der Waals surface area contributed by atoms with Crippen LogP contribution in [0.2, 0.25) is 0 Å². The number of aromatic nitrogens is 1. The predicted octanol–water partition coefficient (Wildman–Crippen LogP) is 5.07. The number of likely N-dealkylation sites (tertiary alicyclic amines) is 1. The predicted molar refractivity (Wildman–Crippen MR) is 134 cm³/mol. The SMILES string of the molecule is N#CCCN(Cc1ccco1)C(=O)c1csc(C2CCN(C(=O)NCCC3=CCCCC3)CC2)n1. The number of urea groups is 1. The van der Waals surface area contributed by atoms with E-state index in [0.29, 0.717) is 44.2 Å². The van der Waals surface area contributed by atoms with Crippen LogP contribution in [0.5, 0.6) is 0 Å². The molecule has 9 heteroatoms. The Morgan fingerprint density at radius 3 is 2.89 bits per heavy atom. The number of piperidine rings is 1. The summed E-state index contributed by atoms with van der Waals surface area (Å²) in [5, 5.41) is 14.8. The minimum atomic E-state index is -0.191. The summed E-state index contributed by atoms with van der Waals surface area (Å²) in [6.45, 7) is 2.71. The van der Waals surface area contributed by atoms with Crippen molar-refractivity contribution in [3.8, 4) is 6.07 Å². The van der Waals surface area contributed by atoms with E-state index in [-0.39, 0.29) is 24.3 Å². The zero-order valence-electron chi connectivity index (χ0n) is 20.1. The van der Waals surface area contributed by atoms with Crippen molar-refractivity contribution in [2.24, 2.45) is 0 Å². The minimum absolute atomic E-state index is 0.0147. The third-order valence-electron chi connectivity index (χ3n) is 6.69. The average Bonchev–Trinajstić information content (AvgIpc) is 3.59. The fourth-order valence-corrected chi connectivity index (χ4v) is 5.63. The highest BCUT2D eigenvalue weighted by molar-refractivity contribution is 7.09. The van der Waals surface area contributed by atoms with E-state index < -0.39 is 0 Å². The molecular weight excluding hydrogens is 462 g/mol. The second-order valence-corrected chi connectivity index (χ2v) is 10.0. The number of furan rings is 1. The van der Waals surface area contributed by atoms with Gasteiger partial charge in [-0.3, -0.25) is 4.79 Å². The summed E-state index contributed by atoms with van der Waals surface area (Å²) in [5.74, 6) is 0.729. The highest BCUT2D eigenvalue weighted by Crippen LogP contribution is 2.31. The zero-order chi connectivity index (χ0) is 24.5. The molecule has 1 saturated heterocycles. The smallest absolute Gasteiger partial charge is 0.317 e. The molecule has 0 radical (unpaired) electrons. The van der Waals surface area contributed by atoms with Crippen molar-refractivity contribution in [1.29, 1.82) is 5.26 Å². The number of hydrogen-bond acceptors (Lipinski definition) is 6. The number of nitriles is 1. The molecule has 1 fully saturated rings. The van der Waals surface area contributed by atoms with Gasteiger partial charge >= 0.3 is 6.03 Å². The van der Waals surface area contributed by atoms with Crippen molar-refractivity contribution in [2.75, 3.05) is 26.2 Å². The molecular formula is C26H33N5O3S. The Labute approximate surface area is 210 Å². The van der Waals surface area contributed by atoms with Gasteiger partial charge in [0.15, 0.2) is 0 Å². The van der Waals surface area contributed by atoms with Crippen molar-refractivity contribution in [1.82, 2.24) is 20.1 Å². The Bertz CT molecular complexity index is 1050. The van der Waals surface area contributed by atoms with Crippen LogP contribution < -0.4 is 5.32 Å². The van der Waals surface area contributed by atoms with Crippen molar-refractivity contribution < 1.29 is 14.0 Å². The second-order valence-electron chi connectivity index (χ2n) is 9.14. The van der Waals surface area contributed by atoms with Crippen LogP contribution in [0.25, 0.3) is 0 Å². The average molecular weight is 496 g/mol. The monoisotopic (exact) mass is 495 g/mol. The van der Waals surface area contributed by atoms with Gasteiger partial charge < -0.3 is 19.5 Å². The van der Waals surface area contributed by atoms with Crippen molar-refractivity contribution in [3.05, 3.63) is 51.9 Å². The number of hydrogen-bond donors (Lipinski definition) is 1. The standard InChI is InChI=1S/C26H33N5O3S/c27-12-5-14-31(18-22-8-4-17-34-22)25(32)23-19-35-24(29-23)21-10-15-30(16-11-21)26(33)28-13-9-20-6-2-1-3-7-20/h4,6,8,17,19,21H,1-3,5,7,9-11,13-16,18H2,(H,28,33). The van der Waals surface area contributed by atoms with Crippen molar-refractivity contribution in [2.45, 2.75) is 63.8 Å². The lowest BCUT2D eigenvalue weighted by molar-refractivity contribution is 0.0730. The third kappa shape index (κ3) is 6.95. The quantitative estimate of drug-likeness (QED) is 0.489. The second kappa shape index (κ2) is 12.5. The number of carbonyl (C=O) groups is 2. The first-order chi connectivity index (χ1) is 17.1. The molecule has 3 amide bonds. The number of carbonyl (C=O) groups excluding carboxylic acids is 2. The molecule has 0 atom stereocenters. The van der Waals surface area contributed by atoms with Crippen molar-refractivity contribution >= 4 is 23.3 Å². The molecule has 0 unspecified atom stereocenters. The molecule has 3 heterocycles. The molecule has 2 aliphatic rings. The maximum absolute atomic E-state index is 13.1. The molecule has 2 aromatic heterocycles. The summed E-state index contributed by atoms with van der Waals surface area (Å²) in [7, 11) is 0. The summed E-state index contributed by atoms with van der Waals surface area (Å²) < 4.78 is 5.38. The summed E-state index contributed by atoms with van der Waals surface area (Å²) in [4.78, 5) is 33.8. The maximum Gasteiger partial charge on any atom is 0.317 e. The third-order valence-corrected chi connectivity index (χ3v) is 7.69. The molecule has 1 aliphatic heterocycles. The van der Waals surface area contributed by atoms with Gasteiger partial charge in [0.05, 0.1) is 30.3 Å². The lowest BCUT2D eigenvalue weighted by Gasteiger charge is -2.31. The number of nitrogens with one attached hydrogen (secondary N) is 1. The lowest BCUT2D eigenvalue weighted by Crippen LogP contribution is -2.44. The van der Waals surface area contributed by atoms with Gasteiger partial charge in [-0.2, -0.15) is 5.26 Å². The molecule has 1 aliphatic carbocycles. The van der Waals surface area contributed by atoms with Gasteiger partial charge in [0.2, 0.25) is 0 Å². The fourth-order valence-electron chi connectivity index (χ4n) is 4.67. The van der Waals surface area contributed by atoms with Gasteiger partial charge in [-0.25, -0.2) is 9.78 Å². The first-order valence-electron chi connectivity index (χ1n) is 12.5. The van der Waals surface area contributed by atoms with Gasteiger partial charge in [-0.15, -0.1) is 11.3 Å². The lowest BCUT2D eigenvalue weighted by atomic mass is 9.97. The normalized spacial score (nSPS) is 16.4.